The van der Waals surface area contributed by atoms with Crippen LogP contribution in [0.1, 0.15) is 15.9 Å². The monoisotopic (exact) mass is 298 g/mol. The van der Waals surface area contributed by atoms with E-state index in [0.717, 1.165) is 6.07 Å². The Kier molecular flexibility index (Phi) is 4.40. The number of carbonyl (C=O) groups is 1. The van der Waals surface area contributed by atoms with E-state index in [9.17, 15) is 9.18 Å². The normalized spacial score (nSPS) is 10.3. The number of rotatable bonds is 4. The predicted molar refractivity (Wildman–Crippen MR) is 72.6 cm³/mol. The molecule has 2 aromatic carbocycles. The summed E-state index contributed by atoms with van der Waals surface area (Å²) in [4.78, 5) is 10.6. The topological polar surface area (TPSA) is 26.3 Å². The van der Waals surface area contributed by atoms with E-state index in [4.69, 9.17) is 27.9 Å². The number of aldehydes is 1. The lowest BCUT2D eigenvalue weighted by atomic mass is 10.2. The van der Waals surface area contributed by atoms with Gasteiger partial charge in [0.15, 0.2) is 0 Å². The fraction of sp³-hybridized carbons (Fsp3) is 0.0714. The summed E-state index contributed by atoms with van der Waals surface area (Å²) in [6, 6.07) is 8.78. The molecule has 0 aliphatic heterocycles. The molecule has 0 aliphatic rings. The zero-order valence-corrected chi connectivity index (χ0v) is 11.2. The fourth-order valence-corrected chi connectivity index (χ4v) is 1.92. The Balaban J connectivity index is 2.16. The quantitative estimate of drug-likeness (QED) is 0.776. The van der Waals surface area contributed by atoms with Gasteiger partial charge in [-0.3, -0.25) is 4.79 Å². The third-order valence-electron chi connectivity index (χ3n) is 2.43. The molecular formula is C14H9Cl2FO2. The second kappa shape index (κ2) is 6.04. The lowest BCUT2D eigenvalue weighted by Crippen LogP contribution is -1.97. The molecule has 0 fully saturated rings. The molecule has 0 amide bonds. The highest BCUT2D eigenvalue weighted by atomic mass is 35.5. The molecule has 0 heterocycles. The van der Waals surface area contributed by atoms with Crippen LogP contribution in [-0.4, -0.2) is 6.29 Å². The summed E-state index contributed by atoms with van der Waals surface area (Å²) in [5.74, 6) is -0.269. The van der Waals surface area contributed by atoms with Crippen LogP contribution in [0.4, 0.5) is 4.39 Å². The third-order valence-corrected chi connectivity index (χ3v) is 3.04. The molecule has 0 unspecified atom stereocenters. The summed E-state index contributed by atoms with van der Waals surface area (Å²) in [5, 5.41) is 1.05. The number of ether oxygens (including phenoxy) is 1. The fourth-order valence-electron chi connectivity index (χ4n) is 1.55. The van der Waals surface area contributed by atoms with Gasteiger partial charge in [-0.2, -0.15) is 0 Å². The van der Waals surface area contributed by atoms with E-state index >= 15 is 0 Å². The van der Waals surface area contributed by atoms with Crippen molar-refractivity contribution in [3.8, 4) is 5.75 Å². The van der Waals surface area contributed by atoms with E-state index in [1.54, 1.807) is 18.2 Å². The summed E-state index contributed by atoms with van der Waals surface area (Å²) in [7, 11) is 0. The Morgan fingerprint density at radius 1 is 1.16 bits per heavy atom. The van der Waals surface area contributed by atoms with Crippen LogP contribution in [0.15, 0.2) is 36.4 Å². The first-order chi connectivity index (χ1) is 9.08. The van der Waals surface area contributed by atoms with Crippen LogP contribution >= 0.6 is 23.2 Å². The van der Waals surface area contributed by atoms with E-state index < -0.39 is 5.82 Å². The van der Waals surface area contributed by atoms with Gasteiger partial charge in [-0.1, -0.05) is 23.2 Å². The van der Waals surface area contributed by atoms with Gasteiger partial charge in [0, 0.05) is 27.2 Å². The zero-order chi connectivity index (χ0) is 13.8. The van der Waals surface area contributed by atoms with Crippen molar-refractivity contribution in [2.75, 3.05) is 0 Å². The van der Waals surface area contributed by atoms with Gasteiger partial charge in [-0.05, 0) is 30.3 Å². The van der Waals surface area contributed by atoms with Gasteiger partial charge in [0.2, 0.25) is 0 Å². The Morgan fingerprint density at radius 2 is 1.95 bits per heavy atom. The highest BCUT2D eigenvalue weighted by Crippen LogP contribution is 2.23. The number of hydrogen-bond donors (Lipinski definition) is 0. The number of halogens is 3. The standard InChI is InChI=1S/C14H9Cl2FO2/c15-11-1-2-14(16)10(5-11)8-19-13-4-9(7-18)3-12(17)6-13/h1-7H,8H2. The molecule has 5 heteroatoms. The number of benzene rings is 2. The molecule has 19 heavy (non-hydrogen) atoms. The van der Waals surface area contributed by atoms with E-state index in [0.29, 0.717) is 21.9 Å². The molecule has 0 aliphatic carbocycles. The molecule has 2 rings (SSSR count). The molecule has 0 saturated heterocycles. The minimum atomic E-state index is -0.531. The van der Waals surface area contributed by atoms with Crippen molar-refractivity contribution in [1.82, 2.24) is 0 Å². The largest absolute Gasteiger partial charge is 0.489 e. The van der Waals surface area contributed by atoms with Gasteiger partial charge in [0.05, 0.1) is 0 Å². The van der Waals surface area contributed by atoms with Crippen molar-refractivity contribution in [3.63, 3.8) is 0 Å². The van der Waals surface area contributed by atoms with Gasteiger partial charge < -0.3 is 4.74 Å². The first kappa shape index (κ1) is 13.8. The lowest BCUT2D eigenvalue weighted by molar-refractivity contribution is 0.112. The maximum Gasteiger partial charge on any atom is 0.150 e. The summed E-state index contributed by atoms with van der Waals surface area (Å²) in [6.07, 6.45) is 0.558. The Morgan fingerprint density at radius 3 is 2.68 bits per heavy atom. The Labute approximate surface area is 119 Å². The third kappa shape index (κ3) is 3.69. The van der Waals surface area contributed by atoms with Crippen LogP contribution in [0.5, 0.6) is 5.75 Å². The summed E-state index contributed by atoms with van der Waals surface area (Å²) < 4.78 is 18.6. The van der Waals surface area contributed by atoms with Gasteiger partial charge in [0.1, 0.15) is 24.5 Å². The lowest BCUT2D eigenvalue weighted by Gasteiger charge is -2.09. The smallest absolute Gasteiger partial charge is 0.150 e. The molecule has 0 spiro atoms. The van der Waals surface area contributed by atoms with Crippen LogP contribution < -0.4 is 4.74 Å². The summed E-state index contributed by atoms with van der Waals surface area (Å²) >= 11 is 11.8. The SMILES string of the molecule is O=Cc1cc(F)cc(OCc2cc(Cl)ccc2Cl)c1. The Hall–Kier alpha value is -1.58. The van der Waals surface area contributed by atoms with Gasteiger partial charge >= 0.3 is 0 Å². The van der Waals surface area contributed by atoms with Gasteiger partial charge in [-0.15, -0.1) is 0 Å². The highest BCUT2D eigenvalue weighted by molar-refractivity contribution is 6.33. The van der Waals surface area contributed by atoms with Crippen molar-refractivity contribution in [2.24, 2.45) is 0 Å². The van der Waals surface area contributed by atoms with Crippen LogP contribution in [0.2, 0.25) is 10.0 Å². The van der Waals surface area contributed by atoms with E-state index in [1.807, 2.05) is 0 Å². The zero-order valence-electron chi connectivity index (χ0n) is 9.70. The minimum Gasteiger partial charge on any atom is -0.489 e. The molecule has 2 aromatic rings. The van der Waals surface area contributed by atoms with E-state index in [1.165, 1.54) is 12.1 Å². The highest BCUT2D eigenvalue weighted by Gasteiger charge is 2.05. The molecule has 0 bridgehead atoms. The molecule has 0 saturated carbocycles. The second-order valence-corrected chi connectivity index (χ2v) is 4.71. The van der Waals surface area contributed by atoms with Crippen molar-refractivity contribution < 1.29 is 13.9 Å². The maximum absolute atomic E-state index is 13.2. The van der Waals surface area contributed by atoms with Gasteiger partial charge in [-0.25, -0.2) is 4.39 Å². The first-order valence-electron chi connectivity index (χ1n) is 5.41. The molecular weight excluding hydrogens is 290 g/mol. The van der Waals surface area contributed by atoms with Crippen molar-refractivity contribution in [2.45, 2.75) is 6.61 Å². The molecule has 98 valence electrons. The average molecular weight is 299 g/mol. The van der Waals surface area contributed by atoms with E-state index in [2.05, 4.69) is 0 Å². The van der Waals surface area contributed by atoms with Crippen molar-refractivity contribution >= 4 is 29.5 Å². The van der Waals surface area contributed by atoms with Crippen LogP contribution in [0.3, 0.4) is 0 Å². The van der Waals surface area contributed by atoms with Gasteiger partial charge in [0.25, 0.3) is 0 Å². The first-order valence-corrected chi connectivity index (χ1v) is 6.16. The predicted octanol–water partition coefficient (Wildman–Crippen LogP) is 4.52. The van der Waals surface area contributed by atoms with Crippen LogP contribution in [-0.2, 0) is 6.61 Å². The second-order valence-electron chi connectivity index (χ2n) is 3.86. The molecule has 0 N–H and O–H groups in total. The number of carbonyl (C=O) groups excluding carboxylic acids is 1. The van der Waals surface area contributed by atoms with E-state index in [-0.39, 0.29) is 17.9 Å². The average Bonchev–Trinajstić information content (AvgIpc) is 2.39. The van der Waals surface area contributed by atoms with Crippen LogP contribution in [0, 0.1) is 5.82 Å². The molecule has 0 aromatic heterocycles. The molecule has 0 atom stereocenters. The van der Waals surface area contributed by atoms with Crippen molar-refractivity contribution in [1.29, 1.82) is 0 Å². The van der Waals surface area contributed by atoms with Crippen LogP contribution in [0.25, 0.3) is 0 Å². The number of hydrogen-bond acceptors (Lipinski definition) is 2. The molecule has 2 nitrogen and oxygen atoms in total. The Bertz CT molecular complexity index is 614. The van der Waals surface area contributed by atoms with Crippen molar-refractivity contribution in [3.05, 3.63) is 63.4 Å². The molecule has 0 radical (unpaired) electrons. The minimum absolute atomic E-state index is 0.140. The summed E-state index contributed by atoms with van der Waals surface area (Å²) in [6.45, 7) is 0.140. The summed E-state index contributed by atoms with van der Waals surface area (Å²) in [5.41, 5.74) is 0.901. The maximum atomic E-state index is 13.2.